The number of hydrogen-bond acceptors (Lipinski definition) is 3. The third kappa shape index (κ3) is 2.79. The van der Waals surface area contributed by atoms with E-state index in [9.17, 15) is 9.59 Å². The predicted molar refractivity (Wildman–Crippen MR) is 63.2 cm³/mol. The molecule has 0 aromatic carbocycles. The van der Waals surface area contributed by atoms with Gasteiger partial charge in [-0.1, -0.05) is 13.8 Å². The second-order valence-electron chi connectivity index (χ2n) is 6.12. The van der Waals surface area contributed by atoms with Crippen molar-refractivity contribution in [2.24, 2.45) is 10.8 Å². The molecular weight excluding hydrogens is 218 g/mol. The molecular formula is C13H21NO3. The third-order valence-corrected chi connectivity index (χ3v) is 4.14. The summed E-state index contributed by atoms with van der Waals surface area (Å²) in [5, 5.41) is 2.85. The molecule has 0 aromatic rings. The van der Waals surface area contributed by atoms with E-state index < -0.39 is 6.04 Å². The van der Waals surface area contributed by atoms with Crippen molar-refractivity contribution < 1.29 is 14.3 Å². The molecule has 2 saturated carbocycles. The van der Waals surface area contributed by atoms with E-state index in [1.807, 2.05) is 6.92 Å². The molecule has 96 valence electrons. The minimum atomic E-state index is -0.475. The molecule has 4 nitrogen and oxygen atoms in total. The highest BCUT2D eigenvalue weighted by Crippen LogP contribution is 2.49. The Balaban J connectivity index is 1.95. The van der Waals surface area contributed by atoms with Crippen LogP contribution in [0.15, 0.2) is 0 Å². The summed E-state index contributed by atoms with van der Waals surface area (Å²) in [5.74, 6) is -0.326. The first-order valence-electron chi connectivity index (χ1n) is 6.27. The van der Waals surface area contributed by atoms with Crippen molar-refractivity contribution in [1.82, 2.24) is 5.32 Å². The van der Waals surface area contributed by atoms with E-state index in [0.717, 1.165) is 25.7 Å². The largest absolute Gasteiger partial charge is 0.467 e. The Labute approximate surface area is 102 Å². The molecule has 0 heterocycles. The van der Waals surface area contributed by atoms with Crippen molar-refractivity contribution >= 4 is 11.9 Å². The van der Waals surface area contributed by atoms with Crippen LogP contribution < -0.4 is 5.32 Å². The smallest absolute Gasteiger partial charge is 0.328 e. The normalized spacial score (nSPS) is 24.6. The van der Waals surface area contributed by atoms with Crippen LogP contribution in [0.2, 0.25) is 0 Å². The minimum Gasteiger partial charge on any atom is -0.467 e. The standard InChI is InChI=1S/C13H21NO3/c1-12(4-5-12)8-9(10(15)17-3)14-11(16)13(2)6-7-13/h9H,4-8H2,1-3H3,(H,14,16). The molecule has 1 amide bonds. The van der Waals surface area contributed by atoms with Crippen molar-refractivity contribution in [2.45, 2.75) is 52.0 Å². The lowest BCUT2D eigenvalue weighted by atomic mass is 9.98. The number of amides is 1. The Morgan fingerprint density at radius 1 is 1.24 bits per heavy atom. The van der Waals surface area contributed by atoms with E-state index in [2.05, 4.69) is 12.2 Å². The average molecular weight is 239 g/mol. The minimum absolute atomic E-state index is 0.00264. The Morgan fingerprint density at radius 2 is 1.82 bits per heavy atom. The summed E-state index contributed by atoms with van der Waals surface area (Å²) in [6, 6.07) is -0.475. The van der Waals surface area contributed by atoms with Gasteiger partial charge in [-0.15, -0.1) is 0 Å². The summed E-state index contributed by atoms with van der Waals surface area (Å²) in [5.41, 5.74) is -0.0205. The number of hydrogen-bond donors (Lipinski definition) is 1. The van der Waals surface area contributed by atoms with Crippen LogP contribution in [0.5, 0.6) is 0 Å². The molecule has 17 heavy (non-hydrogen) atoms. The summed E-state index contributed by atoms with van der Waals surface area (Å²) >= 11 is 0. The molecule has 1 unspecified atom stereocenters. The zero-order chi connectivity index (χ0) is 12.7. The van der Waals surface area contributed by atoms with Crippen LogP contribution in [-0.4, -0.2) is 25.0 Å². The van der Waals surface area contributed by atoms with E-state index >= 15 is 0 Å². The van der Waals surface area contributed by atoms with Gasteiger partial charge in [0.05, 0.1) is 7.11 Å². The Bertz CT molecular complexity index is 343. The van der Waals surface area contributed by atoms with Gasteiger partial charge in [-0.05, 0) is 37.5 Å². The van der Waals surface area contributed by atoms with Crippen molar-refractivity contribution in [1.29, 1.82) is 0 Å². The Kier molecular flexibility index (Phi) is 2.92. The highest BCUT2D eigenvalue weighted by atomic mass is 16.5. The molecule has 2 aliphatic carbocycles. The molecule has 0 spiro atoms. The van der Waals surface area contributed by atoms with E-state index in [0.29, 0.717) is 6.42 Å². The summed E-state index contributed by atoms with van der Waals surface area (Å²) in [6.07, 6.45) is 4.80. The summed E-state index contributed by atoms with van der Waals surface area (Å²) in [4.78, 5) is 23.6. The molecule has 4 heteroatoms. The van der Waals surface area contributed by atoms with Gasteiger partial charge in [0.15, 0.2) is 0 Å². The fraction of sp³-hybridized carbons (Fsp3) is 0.846. The maximum Gasteiger partial charge on any atom is 0.328 e. The van der Waals surface area contributed by atoms with Crippen LogP contribution in [0.4, 0.5) is 0 Å². The monoisotopic (exact) mass is 239 g/mol. The van der Waals surface area contributed by atoms with E-state index in [1.165, 1.54) is 7.11 Å². The molecule has 0 aromatic heterocycles. The first-order chi connectivity index (χ1) is 7.88. The van der Waals surface area contributed by atoms with Gasteiger partial charge in [-0.3, -0.25) is 4.79 Å². The molecule has 0 aliphatic heterocycles. The highest BCUT2D eigenvalue weighted by Gasteiger charge is 2.47. The fourth-order valence-corrected chi connectivity index (χ4v) is 1.99. The molecule has 1 atom stereocenters. The number of esters is 1. The molecule has 2 aliphatic rings. The summed E-state index contributed by atoms with van der Waals surface area (Å²) < 4.78 is 4.77. The lowest BCUT2D eigenvalue weighted by Crippen LogP contribution is -2.45. The first-order valence-corrected chi connectivity index (χ1v) is 6.27. The maximum absolute atomic E-state index is 11.9. The number of carbonyl (C=O) groups is 2. The second kappa shape index (κ2) is 4.00. The number of methoxy groups -OCH3 is 1. The van der Waals surface area contributed by atoms with Crippen LogP contribution in [0.3, 0.4) is 0 Å². The van der Waals surface area contributed by atoms with Gasteiger partial charge in [0.2, 0.25) is 5.91 Å². The van der Waals surface area contributed by atoms with E-state index in [1.54, 1.807) is 0 Å². The SMILES string of the molecule is COC(=O)C(CC1(C)CC1)NC(=O)C1(C)CC1. The van der Waals surface area contributed by atoms with Crippen LogP contribution >= 0.6 is 0 Å². The van der Waals surface area contributed by atoms with E-state index in [-0.39, 0.29) is 22.7 Å². The van der Waals surface area contributed by atoms with Crippen molar-refractivity contribution in [3.8, 4) is 0 Å². The first kappa shape index (κ1) is 12.4. The number of rotatable bonds is 5. The maximum atomic E-state index is 11.9. The van der Waals surface area contributed by atoms with Gasteiger partial charge in [0.25, 0.3) is 0 Å². The topological polar surface area (TPSA) is 55.4 Å². The molecule has 0 saturated heterocycles. The van der Waals surface area contributed by atoms with Gasteiger partial charge in [-0.2, -0.15) is 0 Å². The van der Waals surface area contributed by atoms with Crippen LogP contribution in [0, 0.1) is 10.8 Å². The second-order valence-corrected chi connectivity index (χ2v) is 6.12. The Morgan fingerprint density at radius 3 is 2.24 bits per heavy atom. The zero-order valence-electron chi connectivity index (χ0n) is 10.8. The average Bonchev–Trinajstić information content (AvgIpc) is 3.18. The number of nitrogens with one attached hydrogen (secondary N) is 1. The van der Waals surface area contributed by atoms with Gasteiger partial charge in [0, 0.05) is 5.41 Å². The van der Waals surface area contributed by atoms with Gasteiger partial charge >= 0.3 is 5.97 Å². The van der Waals surface area contributed by atoms with Crippen molar-refractivity contribution in [3.05, 3.63) is 0 Å². The number of ether oxygens (including phenoxy) is 1. The summed E-state index contributed by atoms with van der Waals surface area (Å²) in [6.45, 7) is 4.09. The van der Waals surface area contributed by atoms with Gasteiger partial charge in [-0.25, -0.2) is 4.79 Å². The van der Waals surface area contributed by atoms with Gasteiger partial charge < -0.3 is 10.1 Å². The third-order valence-electron chi connectivity index (χ3n) is 4.14. The summed E-state index contributed by atoms with van der Waals surface area (Å²) in [7, 11) is 1.37. The molecule has 1 N–H and O–H groups in total. The van der Waals surface area contributed by atoms with E-state index in [4.69, 9.17) is 4.74 Å². The van der Waals surface area contributed by atoms with Crippen molar-refractivity contribution in [3.63, 3.8) is 0 Å². The highest BCUT2D eigenvalue weighted by molar-refractivity contribution is 5.89. The zero-order valence-corrected chi connectivity index (χ0v) is 10.8. The Hall–Kier alpha value is -1.06. The number of carbonyl (C=O) groups excluding carboxylic acids is 2. The lowest BCUT2D eigenvalue weighted by molar-refractivity contribution is -0.146. The molecule has 2 fully saturated rings. The lowest BCUT2D eigenvalue weighted by Gasteiger charge is -2.21. The molecule has 2 rings (SSSR count). The van der Waals surface area contributed by atoms with Crippen molar-refractivity contribution in [2.75, 3.05) is 7.11 Å². The van der Waals surface area contributed by atoms with Crippen LogP contribution in [0.25, 0.3) is 0 Å². The predicted octanol–water partition coefficient (Wildman–Crippen LogP) is 1.63. The quantitative estimate of drug-likeness (QED) is 0.742. The molecule has 0 bridgehead atoms. The van der Waals surface area contributed by atoms with Gasteiger partial charge in [0.1, 0.15) is 6.04 Å². The van der Waals surface area contributed by atoms with Crippen LogP contribution in [-0.2, 0) is 14.3 Å². The fourth-order valence-electron chi connectivity index (χ4n) is 1.99. The van der Waals surface area contributed by atoms with Crippen LogP contribution in [0.1, 0.15) is 46.0 Å². The molecule has 0 radical (unpaired) electrons.